The molecule has 2 heterocycles. The molecule has 5 heteroatoms. The van der Waals surface area contributed by atoms with Gasteiger partial charge < -0.3 is 10.1 Å². The lowest BCUT2D eigenvalue weighted by molar-refractivity contribution is -0.116. The summed E-state index contributed by atoms with van der Waals surface area (Å²) in [6.07, 6.45) is 5.49. The van der Waals surface area contributed by atoms with E-state index in [9.17, 15) is 4.79 Å². The van der Waals surface area contributed by atoms with Crippen molar-refractivity contribution in [1.82, 2.24) is 9.55 Å². The first-order chi connectivity index (χ1) is 16.7. The molecular weight excluding hydrogens is 422 g/mol. The van der Waals surface area contributed by atoms with Crippen molar-refractivity contribution in [3.05, 3.63) is 107 Å². The van der Waals surface area contributed by atoms with Crippen LogP contribution in [0.4, 0.5) is 5.95 Å². The van der Waals surface area contributed by atoms with Gasteiger partial charge in [0, 0.05) is 17.7 Å². The Balaban J connectivity index is 1.43. The molecule has 0 radical (unpaired) electrons. The Labute approximate surface area is 198 Å². The van der Waals surface area contributed by atoms with Gasteiger partial charge in [0.2, 0.25) is 5.95 Å². The maximum absolute atomic E-state index is 13.6. The highest BCUT2D eigenvalue weighted by Crippen LogP contribution is 2.44. The SMILES string of the molecule is COc1ccc([C@@H]2CC(=O)C3=C(C2)Nc2nc4ccccc4n2[C@H]3/C=C/c2ccccc2)cc1. The summed E-state index contributed by atoms with van der Waals surface area (Å²) in [6.45, 7) is 0. The summed E-state index contributed by atoms with van der Waals surface area (Å²) in [6, 6.07) is 26.1. The lowest BCUT2D eigenvalue weighted by Crippen LogP contribution is -2.31. The molecule has 1 aliphatic heterocycles. The Morgan fingerprint density at radius 1 is 0.971 bits per heavy atom. The molecule has 4 aromatic rings. The van der Waals surface area contributed by atoms with E-state index in [1.54, 1.807) is 7.11 Å². The number of methoxy groups -OCH3 is 1. The number of benzene rings is 3. The second-order valence-corrected chi connectivity index (χ2v) is 8.83. The molecule has 0 saturated heterocycles. The van der Waals surface area contributed by atoms with Crippen molar-refractivity contribution < 1.29 is 9.53 Å². The number of Topliss-reactive ketones (excluding diaryl/α,β-unsaturated/α-hetero) is 1. The number of hydrogen-bond donors (Lipinski definition) is 1. The molecule has 0 unspecified atom stereocenters. The van der Waals surface area contributed by atoms with Gasteiger partial charge in [-0.1, -0.05) is 66.7 Å². The molecule has 1 aliphatic carbocycles. The quantitative estimate of drug-likeness (QED) is 0.409. The normalized spacial score (nSPS) is 19.7. The van der Waals surface area contributed by atoms with Gasteiger partial charge in [0.1, 0.15) is 5.75 Å². The first-order valence-corrected chi connectivity index (χ1v) is 11.6. The number of fused-ring (bicyclic) bond motifs is 3. The van der Waals surface area contributed by atoms with Crippen molar-refractivity contribution in [2.75, 3.05) is 12.4 Å². The fourth-order valence-electron chi connectivity index (χ4n) is 5.13. The van der Waals surface area contributed by atoms with Gasteiger partial charge in [0.25, 0.3) is 0 Å². The fourth-order valence-corrected chi connectivity index (χ4v) is 5.13. The van der Waals surface area contributed by atoms with Gasteiger partial charge in [0.15, 0.2) is 5.78 Å². The first-order valence-electron chi connectivity index (χ1n) is 11.6. The zero-order valence-electron chi connectivity index (χ0n) is 18.9. The van der Waals surface area contributed by atoms with Crippen LogP contribution in [0.15, 0.2) is 96.2 Å². The number of allylic oxidation sites excluding steroid dienone is 3. The molecular formula is C29H25N3O2. The van der Waals surface area contributed by atoms with E-state index in [0.29, 0.717) is 6.42 Å². The Morgan fingerprint density at radius 2 is 1.74 bits per heavy atom. The van der Waals surface area contributed by atoms with Crippen molar-refractivity contribution in [2.45, 2.75) is 24.8 Å². The number of ether oxygens (including phenoxy) is 1. The van der Waals surface area contributed by atoms with Crippen LogP contribution in [0.25, 0.3) is 17.1 Å². The van der Waals surface area contributed by atoms with Crippen LogP contribution in [0.5, 0.6) is 5.75 Å². The molecule has 1 N–H and O–H groups in total. The van der Waals surface area contributed by atoms with Gasteiger partial charge in [-0.3, -0.25) is 9.36 Å². The molecule has 34 heavy (non-hydrogen) atoms. The van der Waals surface area contributed by atoms with E-state index in [-0.39, 0.29) is 17.7 Å². The predicted octanol–water partition coefficient (Wildman–Crippen LogP) is 6.13. The average Bonchev–Trinajstić information content (AvgIpc) is 3.25. The third-order valence-electron chi connectivity index (χ3n) is 6.80. The minimum atomic E-state index is -0.205. The minimum Gasteiger partial charge on any atom is -0.497 e. The molecule has 168 valence electrons. The van der Waals surface area contributed by atoms with Crippen LogP contribution in [0.3, 0.4) is 0 Å². The maximum atomic E-state index is 13.6. The molecule has 0 fully saturated rings. The van der Waals surface area contributed by atoms with E-state index in [4.69, 9.17) is 9.72 Å². The summed E-state index contributed by atoms with van der Waals surface area (Å²) in [7, 11) is 1.66. The first kappa shape index (κ1) is 20.5. The largest absolute Gasteiger partial charge is 0.497 e. The molecule has 0 saturated carbocycles. The van der Waals surface area contributed by atoms with Gasteiger partial charge >= 0.3 is 0 Å². The molecule has 2 atom stereocenters. The standard InChI is InChI=1S/C29H25N3O2/c1-34-22-14-12-20(13-15-22)21-17-24-28(27(33)18-21)26(16-11-19-7-3-2-4-8-19)32-25-10-6-5-9-23(25)30-29(32)31-24/h2-16,21,26H,17-18H2,1H3,(H,30,31)/b16-11+/t21-,26-/m0/s1. The summed E-state index contributed by atoms with van der Waals surface area (Å²) in [5.41, 5.74) is 6.01. The fraction of sp³-hybridized carbons (Fsp3) is 0.172. The zero-order chi connectivity index (χ0) is 23.1. The molecule has 3 aromatic carbocycles. The van der Waals surface area contributed by atoms with Gasteiger partial charge in [-0.2, -0.15) is 0 Å². The van der Waals surface area contributed by atoms with Gasteiger partial charge in [0.05, 0.1) is 24.2 Å². The van der Waals surface area contributed by atoms with Gasteiger partial charge in [-0.05, 0) is 47.7 Å². The van der Waals surface area contributed by atoms with E-state index in [0.717, 1.165) is 51.5 Å². The van der Waals surface area contributed by atoms with Crippen molar-refractivity contribution in [3.63, 3.8) is 0 Å². The van der Waals surface area contributed by atoms with Gasteiger partial charge in [-0.15, -0.1) is 0 Å². The number of carbonyl (C=O) groups excluding carboxylic acids is 1. The summed E-state index contributed by atoms with van der Waals surface area (Å²) < 4.78 is 7.45. The molecule has 0 spiro atoms. The van der Waals surface area contributed by atoms with E-state index in [1.807, 2.05) is 48.5 Å². The number of anilines is 1. The smallest absolute Gasteiger partial charge is 0.209 e. The van der Waals surface area contributed by atoms with Crippen LogP contribution in [0.1, 0.15) is 35.9 Å². The summed E-state index contributed by atoms with van der Waals surface area (Å²) >= 11 is 0. The van der Waals surface area contributed by atoms with Crippen molar-refractivity contribution in [3.8, 4) is 5.75 Å². The lowest BCUT2D eigenvalue weighted by Gasteiger charge is -2.35. The van der Waals surface area contributed by atoms with Crippen molar-refractivity contribution in [2.24, 2.45) is 0 Å². The number of nitrogens with one attached hydrogen (secondary N) is 1. The van der Waals surface area contributed by atoms with Crippen LogP contribution in [0.2, 0.25) is 0 Å². The maximum Gasteiger partial charge on any atom is 0.209 e. The number of nitrogens with zero attached hydrogens (tertiary/aromatic N) is 2. The Morgan fingerprint density at radius 3 is 2.53 bits per heavy atom. The number of para-hydroxylation sites is 2. The third kappa shape index (κ3) is 3.50. The number of hydrogen-bond acceptors (Lipinski definition) is 4. The average molecular weight is 448 g/mol. The van der Waals surface area contributed by atoms with E-state index < -0.39 is 0 Å². The monoisotopic (exact) mass is 447 g/mol. The van der Waals surface area contributed by atoms with Crippen molar-refractivity contribution >= 4 is 28.8 Å². The zero-order valence-corrected chi connectivity index (χ0v) is 18.9. The molecule has 0 amide bonds. The molecule has 0 bridgehead atoms. The molecule has 5 nitrogen and oxygen atoms in total. The van der Waals surface area contributed by atoms with Crippen LogP contribution in [-0.4, -0.2) is 22.4 Å². The second kappa shape index (κ2) is 8.34. The number of carbonyl (C=O) groups is 1. The van der Waals surface area contributed by atoms with E-state index in [2.05, 4.69) is 52.4 Å². The minimum absolute atomic E-state index is 0.124. The number of rotatable bonds is 4. The third-order valence-corrected chi connectivity index (χ3v) is 6.80. The molecule has 1 aromatic heterocycles. The highest BCUT2D eigenvalue weighted by Gasteiger charge is 2.37. The summed E-state index contributed by atoms with van der Waals surface area (Å²) in [4.78, 5) is 18.5. The summed E-state index contributed by atoms with van der Waals surface area (Å²) in [5, 5.41) is 3.52. The summed E-state index contributed by atoms with van der Waals surface area (Å²) in [5.74, 6) is 1.91. The predicted molar refractivity (Wildman–Crippen MR) is 135 cm³/mol. The van der Waals surface area contributed by atoms with Crippen LogP contribution >= 0.6 is 0 Å². The van der Waals surface area contributed by atoms with Crippen molar-refractivity contribution in [1.29, 1.82) is 0 Å². The van der Waals surface area contributed by atoms with Crippen LogP contribution < -0.4 is 10.1 Å². The molecule has 6 rings (SSSR count). The van der Waals surface area contributed by atoms with E-state index in [1.165, 1.54) is 0 Å². The molecule has 2 aliphatic rings. The number of imidazole rings is 1. The number of aromatic nitrogens is 2. The topological polar surface area (TPSA) is 56.1 Å². The van der Waals surface area contributed by atoms with E-state index >= 15 is 0 Å². The highest BCUT2D eigenvalue weighted by atomic mass is 16.5. The Bertz CT molecular complexity index is 1430. The Hall–Kier alpha value is -4.12. The second-order valence-electron chi connectivity index (χ2n) is 8.83. The van der Waals surface area contributed by atoms with Crippen LogP contribution in [-0.2, 0) is 4.79 Å². The Kier molecular flexibility index (Phi) is 5.02. The number of ketones is 1. The highest BCUT2D eigenvalue weighted by molar-refractivity contribution is 6.01. The van der Waals surface area contributed by atoms with Gasteiger partial charge in [-0.25, -0.2) is 4.98 Å². The van der Waals surface area contributed by atoms with Crippen LogP contribution in [0, 0.1) is 0 Å². The lowest BCUT2D eigenvalue weighted by atomic mass is 9.79.